The number of hydrogen-bond acceptors (Lipinski definition) is 5. The first kappa shape index (κ1) is 20.6. The van der Waals surface area contributed by atoms with Crippen LogP contribution in [0.15, 0.2) is 23.8 Å². The third kappa shape index (κ3) is 2.68. The molecule has 4 aliphatic carbocycles. The minimum atomic E-state index is -1.68. The Morgan fingerprint density at radius 1 is 1.31 bits per heavy atom. The van der Waals surface area contributed by atoms with Gasteiger partial charge in [-0.25, -0.2) is 4.79 Å². The van der Waals surface area contributed by atoms with Crippen LogP contribution in [0, 0.1) is 28.6 Å². The molecule has 0 saturated heterocycles. The van der Waals surface area contributed by atoms with Crippen LogP contribution in [0.25, 0.3) is 0 Å². The molecule has 0 heterocycles. The molecule has 0 unspecified atom stereocenters. The van der Waals surface area contributed by atoms with E-state index in [9.17, 15) is 24.6 Å². The largest absolute Gasteiger partial charge is 0.478 e. The van der Waals surface area contributed by atoms with Gasteiger partial charge in [0.1, 0.15) is 5.88 Å². The minimum absolute atomic E-state index is 0.000437. The number of carbonyl (C=O) groups excluding carboxylic acids is 2. The number of carbonyl (C=O) groups is 3. The summed E-state index contributed by atoms with van der Waals surface area (Å²) in [5, 5.41) is 21.4. The molecule has 158 valence electrons. The Morgan fingerprint density at radius 2 is 2.03 bits per heavy atom. The Morgan fingerprint density at radius 3 is 2.69 bits per heavy atom. The van der Waals surface area contributed by atoms with Gasteiger partial charge in [-0.05, 0) is 56.1 Å². The molecular weight excluding hydrogens is 396 g/mol. The molecule has 2 N–H and O–H groups in total. The number of rotatable bonds is 3. The van der Waals surface area contributed by atoms with Crippen molar-refractivity contribution in [3.63, 3.8) is 0 Å². The predicted molar refractivity (Wildman–Crippen MR) is 105 cm³/mol. The quantitative estimate of drug-likeness (QED) is 0.535. The maximum atomic E-state index is 12.4. The van der Waals surface area contributed by atoms with E-state index in [0.29, 0.717) is 6.42 Å². The van der Waals surface area contributed by atoms with Gasteiger partial charge in [0.15, 0.2) is 5.78 Å². The van der Waals surface area contributed by atoms with Crippen LogP contribution in [0.5, 0.6) is 0 Å². The molecule has 0 aromatic rings. The monoisotopic (exact) mass is 422 g/mol. The van der Waals surface area contributed by atoms with Gasteiger partial charge in [-0.1, -0.05) is 25.5 Å². The zero-order chi connectivity index (χ0) is 21.2. The summed E-state index contributed by atoms with van der Waals surface area (Å²) < 4.78 is 5.50. The lowest BCUT2D eigenvalue weighted by Gasteiger charge is -2.59. The summed E-state index contributed by atoms with van der Waals surface area (Å²) in [6.07, 6.45) is 7.00. The Kier molecular flexibility index (Phi) is 4.74. The second-order valence-corrected chi connectivity index (χ2v) is 9.76. The number of esters is 1. The lowest BCUT2D eigenvalue weighted by molar-refractivity contribution is -0.208. The summed E-state index contributed by atoms with van der Waals surface area (Å²) >= 11 is 5.61. The lowest BCUT2D eigenvalue weighted by Crippen LogP contribution is -2.62. The molecule has 3 saturated carbocycles. The van der Waals surface area contributed by atoms with Crippen LogP contribution in [0.4, 0.5) is 0 Å². The van der Waals surface area contributed by atoms with Gasteiger partial charge in [-0.15, -0.1) is 11.6 Å². The topological polar surface area (TPSA) is 101 Å². The summed E-state index contributed by atoms with van der Waals surface area (Å²) in [6.45, 7) is 3.91. The van der Waals surface area contributed by atoms with E-state index < -0.39 is 40.4 Å². The van der Waals surface area contributed by atoms with Crippen LogP contribution < -0.4 is 0 Å². The van der Waals surface area contributed by atoms with Gasteiger partial charge >= 0.3 is 11.9 Å². The number of alkyl halides is 1. The van der Waals surface area contributed by atoms with Gasteiger partial charge in [0.2, 0.25) is 5.60 Å². The van der Waals surface area contributed by atoms with Crippen molar-refractivity contribution >= 4 is 29.3 Å². The molecule has 0 radical (unpaired) electrons. The van der Waals surface area contributed by atoms with Crippen molar-refractivity contribution in [3.8, 4) is 0 Å². The molecule has 7 heteroatoms. The van der Waals surface area contributed by atoms with Gasteiger partial charge < -0.3 is 14.9 Å². The molecule has 0 aliphatic heterocycles. The normalized spacial score (nSPS) is 45.7. The van der Waals surface area contributed by atoms with Crippen molar-refractivity contribution < 1.29 is 29.3 Å². The van der Waals surface area contributed by atoms with Crippen LogP contribution in [0.2, 0.25) is 0 Å². The number of aliphatic hydroxyl groups excluding tert-OH is 1. The molecule has 29 heavy (non-hydrogen) atoms. The summed E-state index contributed by atoms with van der Waals surface area (Å²) in [7, 11) is 0. The van der Waals surface area contributed by atoms with Crippen LogP contribution in [-0.4, -0.2) is 45.5 Å². The molecule has 7 atom stereocenters. The number of aliphatic hydroxyl groups is 1. The second kappa shape index (κ2) is 6.67. The molecule has 4 aliphatic rings. The van der Waals surface area contributed by atoms with Crippen molar-refractivity contribution in [2.24, 2.45) is 28.6 Å². The van der Waals surface area contributed by atoms with Gasteiger partial charge in [0.25, 0.3) is 0 Å². The maximum absolute atomic E-state index is 12.4. The number of fused-ring (bicyclic) bond motifs is 5. The number of ketones is 1. The van der Waals surface area contributed by atoms with Crippen LogP contribution in [0.3, 0.4) is 0 Å². The van der Waals surface area contributed by atoms with E-state index in [2.05, 4.69) is 6.92 Å². The molecule has 0 aromatic heterocycles. The van der Waals surface area contributed by atoms with Gasteiger partial charge in [-0.2, -0.15) is 0 Å². The average molecular weight is 423 g/mol. The number of hydrogen-bond donors (Lipinski definition) is 2. The maximum Gasteiger partial charge on any atom is 0.348 e. The Balaban J connectivity index is 1.75. The summed E-state index contributed by atoms with van der Waals surface area (Å²) in [5.41, 5.74) is -1.93. The Bertz CT molecular complexity index is 833. The first-order valence-electron chi connectivity index (χ1n) is 10.2. The van der Waals surface area contributed by atoms with Crippen molar-refractivity contribution in [1.29, 1.82) is 0 Å². The molecule has 6 nitrogen and oxygen atoms in total. The number of aliphatic carboxylic acids is 1. The zero-order valence-corrected chi connectivity index (χ0v) is 17.4. The number of allylic oxidation sites excluding steroid dienone is 4. The van der Waals surface area contributed by atoms with Crippen molar-refractivity contribution in [3.05, 3.63) is 23.8 Å². The summed E-state index contributed by atoms with van der Waals surface area (Å²) in [4.78, 5) is 36.2. The fourth-order valence-corrected chi connectivity index (χ4v) is 7.15. The highest BCUT2D eigenvalue weighted by molar-refractivity contribution is 6.26. The smallest absolute Gasteiger partial charge is 0.348 e. The van der Waals surface area contributed by atoms with E-state index >= 15 is 0 Å². The van der Waals surface area contributed by atoms with Crippen molar-refractivity contribution in [2.75, 3.05) is 5.88 Å². The summed E-state index contributed by atoms with van der Waals surface area (Å²) in [6, 6.07) is 0. The molecular formula is C22H27ClO6. The van der Waals surface area contributed by atoms with Crippen molar-refractivity contribution in [1.82, 2.24) is 0 Å². The third-order valence-electron chi connectivity index (χ3n) is 8.36. The molecule has 0 amide bonds. The van der Waals surface area contributed by atoms with Crippen LogP contribution >= 0.6 is 11.6 Å². The van der Waals surface area contributed by atoms with Crippen molar-refractivity contribution in [2.45, 2.75) is 57.7 Å². The molecule has 0 bridgehead atoms. The van der Waals surface area contributed by atoms with E-state index in [0.717, 1.165) is 18.4 Å². The summed E-state index contributed by atoms with van der Waals surface area (Å²) in [5.74, 6) is -2.36. The fourth-order valence-electron chi connectivity index (χ4n) is 7.10. The number of ether oxygens (including phenoxy) is 1. The Labute approximate surface area is 174 Å². The molecule has 4 rings (SSSR count). The molecule has 0 spiro atoms. The number of halogens is 1. The van der Waals surface area contributed by atoms with E-state index in [1.807, 2.05) is 13.0 Å². The Hall–Kier alpha value is -1.66. The van der Waals surface area contributed by atoms with E-state index in [4.69, 9.17) is 16.3 Å². The van der Waals surface area contributed by atoms with E-state index in [1.165, 1.54) is 0 Å². The standard InChI is InChI=1S/C22H27ClO6/c1-20-7-5-13(24)9-12(20)3-4-14-15-6-8-22(19(27)28,29-17(26)11-23)21(15,2)10-16(25)18(14)20/h5,7,9,14-16,18,25H,3-4,6,8,10-11H2,1-2H3,(H,27,28)/t14-,15-,16-,18+,20-,21-,22-/m0/s1. The second-order valence-electron chi connectivity index (χ2n) is 9.49. The van der Waals surface area contributed by atoms with E-state index in [-0.39, 0.29) is 36.4 Å². The van der Waals surface area contributed by atoms with Crippen LogP contribution in [-0.2, 0) is 19.1 Å². The number of carboxylic acid groups (broad SMARTS) is 1. The fraction of sp³-hybridized carbons (Fsp3) is 0.682. The molecule has 3 fully saturated rings. The first-order valence-corrected chi connectivity index (χ1v) is 10.8. The molecule has 0 aromatic carbocycles. The number of carboxylic acids is 1. The van der Waals surface area contributed by atoms with E-state index in [1.54, 1.807) is 12.2 Å². The highest BCUT2D eigenvalue weighted by atomic mass is 35.5. The highest BCUT2D eigenvalue weighted by Gasteiger charge is 2.71. The zero-order valence-electron chi connectivity index (χ0n) is 16.7. The SMILES string of the molecule is C[C@]12C=CC(=O)C=C1CC[C@@H]1[C@@H]2[C@@H](O)C[C@@]2(C)[C@H]1CC[C@]2(OC(=O)CCl)C(=O)O. The lowest BCUT2D eigenvalue weighted by atomic mass is 9.46. The predicted octanol–water partition coefficient (Wildman–Crippen LogP) is 2.87. The van der Waals surface area contributed by atoms with Crippen LogP contribution in [0.1, 0.15) is 46.0 Å². The van der Waals surface area contributed by atoms with Gasteiger partial charge in [0, 0.05) is 16.7 Å². The highest BCUT2D eigenvalue weighted by Crippen LogP contribution is 2.67. The first-order chi connectivity index (χ1) is 13.6. The van der Waals surface area contributed by atoms with Gasteiger partial charge in [-0.3, -0.25) is 9.59 Å². The van der Waals surface area contributed by atoms with Gasteiger partial charge in [0.05, 0.1) is 6.10 Å². The minimum Gasteiger partial charge on any atom is -0.478 e. The average Bonchev–Trinajstić information content (AvgIpc) is 2.94. The third-order valence-corrected chi connectivity index (χ3v) is 8.58.